The summed E-state index contributed by atoms with van der Waals surface area (Å²) in [5.41, 5.74) is 1.91. The molecule has 1 rings (SSSR count). The van der Waals surface area contributed by atoms with Crippen LogP contribution in [0.1, 0.15) is 25.1 Å². The number of aromatic nitrogens is 1. The molecule has 0 amide bonds. The molecule has 0 aliphatic heterocycles. The van der Waals surface area contributed by atoms with Gasteiger partial charge in [0.05, 0.1) is 5.51 Å². The number of rotatable bonds is 6. The third kappa shape index (κ3) is 3.87. The fraction of sp³-hybridized carbons (Fsp3) is 0.700. The summed E-state index contributed by atoms with van der Waals surface area (Å²) in [5.74, 6) is 0.764. The first kappa shape index (κ1) is 10.7. The van der Waals surface area contributed by atoms with Crippen LogP contribution in [-0.4, -0.2) is 18.1 Å². The number of nitrogens with one attached hydrogen (secondary N) is 1. The van der Waals surface area contributed by atoms with E-state index in [2.05, 4.69) is 24.1 Å². The van der Waals surface area contributed by atoms with Gasteiger partial charge in [-0.3, -0.25) is 4.98 Å². The maximum atomic E-state index is 4.09. The molecule has 0 aliphatic carbocycles. The number of thiazole rings is 1. The standard InChI is InChI=1S/C10H18N2S/c1-3-9(6-11-4-2)5-10-7-12-8-13-10/h7-9,11H,3-6H2,1-2H3. The minimum absolute atomic E-state index is 0.764. The molecule has 3 heteroatoms. The molecular formula is C10H18N2S. The number of nitrogens with zero attached hydrogens (tertiary/aromatic N) is 1. The van der Waals surface area contributed by atoms with E-state index in [-0.39, 0.29) is 0 Å². The molecule has 74 valence electrons. The third-order valence-electron chi connectivity index (χ3n) is 2.23. The van der Waals surface area contributed by atoms with Gasteiger partial charge in [-0.2, -0.15) is 0 Å². The highest BCUT2D eigenvalue weighted by molar-refractivity contribution is 7.09. The molecule has 0 saturated carbocycles. The first-order valence-corrected chi connectivity index (χ1v) is 5.82. The van der Waals surface area contributed by atoms with E-state index in [0.717, 1.165) is 19.0 Å². The minimum atomic E-state index is 0.764. The maximum absolute atomic E-state index is 4.09. The van der Waals surface area contributed by atoms with Crippen LogP contribution in [0, 0.1) is 5.92 Å². The van der Waals surface area contributed by atoms with E-state index < -0.39 is 0 Å². The Labute approximate surface area is 84.4 Å². The zero-order valence-electron chi connectivity index (χ0n) is 8.42. The second-order valence-corrected chi connectivity index (χ2v) is 4.22. The minimum Gasteiger partial charge on any atom is -0.317 e. The molecule has 0 aromatic carbocycles. The Morgan fingerprint density at radius 3 is 2.92 bits per heavy atom. The van der Waals surface area contributed by atoms with Crippen molar-refractivity contribution in [3.63, 3.8) is 0 Å². The zero-order chi connectivity index (χ0) is 9.52. The molecule has 1 heterocycles. The second-order valence-electron chi connectivity index (χ2n) is 3.25. The second kappa shape index (κ2) is 6.11. The van der Waals surface area contributed by atoms with E-state index in [0.29, 0.717) is 0 Å². The first-order valence-electron chi connectivity index (χ1n) is 4.94. The lowest BCUT2D eigenvalue weighted by atomic mass is 10.0. The topological polar surface area (TPSA) is 24.9 Å². The molecule has 1 N–H and O–H groups in total. The summed E-state index contributed by atoms with van der Waals surface area (Å²) in [6, 6.07) is 0. The Bertz CT molecular complexity index is 209. The predicted octanol–water partition coefficient (Wildman–Crippen LogP) is 2.32. The fourth-order valence-electron chi connectivity index (χ4n) is 1.34. The molecule has 13 heavy (non-hydrogen) atoms. The monoisotopic (exact) mass is 198 g/mol. The van der Waals surface area contributed by atoms with E-state index in [1.807, 2.05) is 11.7 Å². The van der Waals surface area contributed by atoms with Gasteiger partial charge in [-0.05, 0) is 25.4 Å². The van der Waals surface area contributed by atoms with Crippen molar-refractivity contribution in [2.24, 2.45) is 5.92 Å². The van der Waals surface area contributed by atoms with Gasteiger partial charge in [-0.25, -0.2) is 0 Å². The van der Waals surface area contributed by atoms with Gasteiger partial charge in [-0.15, -0.1) is 11.3 Å². The Kier molecular flexibility index (Phi) is 5.01. The van der Waals surface area contributed by atoms with Crippen molar-refractivity contribution in [1.82, 2.24) is 10.3 Å². The molecule has 1 unspecified atom stereocenters. The highest BCUT2D eigenvalue weighted by Gasteiger charge is 2.07. The summed E-state index contributed by atoms with van der Waals surface area (Å²) in [6.45, 7) is 6.60. The van der Waals surface area contributed by atoms with E-state index in [4.69, 9.17) is 0 Å². The smallest absolute Gasteiger partial charge is 0.0794 e. The van der Waals surface area contributed by atoms with Gasteiger partial charge in [-0.1, -0.05) is 20.3 Å². The van der Waals surface area contributed by atoms with E-state index in [1.165, 1.54) is 17.7 Å². The summed E-state index contributed by atoms with van der Waals surface area (Å²) in [5, 5.41) is 3.40. The molecule has 0 aliphatic rings. The maximum Gasteiger partial charge on any atom is 0.0794 e. The molecule has 1 aromatic heterocycles. The van der Waals surface area contributed by atoms with Crippen molar-refractivity contribution in [3.8, 4) is 0 Å². The van der Waals surface area contributed by atoms with Crippen molar-refractivity contribution in [1.29, 1.82) is 0 Å². The Morgan fingerprint density at radius 2 is 2.38 bits per heavy atom. The van der Waals surface area contributed by atoms with Crippen LogP contribution in [0.25, 0.3) is 0 Å². The van der Waals surface area contributed by atoms with E-state index in [1.54, 1.807) is 11.3 Å². The third-order valence-corrected chi connectivity index (χ3v) is 3.04. The van der Waals surface area contributed by atoms with Gasteiger partial charge >= 0.3 is 0 Å². The Hall–Kier alpha value is -0.410. The number of hydrogen-bond donors (Lipinski definition) is 1. The van der Waals surface area contributed by atoms with E-state index in [9.17, 15) is 0 Å². The molecule has 0 radical (unpaired) electrons. The van der Waals surface area contributed by atoms with Crippen LogP contribution in [0.5, 0.6) is 0 Å². The SMILES string of the molecule is CCNCC(CC)Cc1cncs1. The van der Waals surface area contributed by atoms with Crippen LogP contribution in [-0.2, 0) is 6.42 Å². The molecule has 2 nitrogen and oxygen atoms in total. The molecule has 0 fully saturated rings. The van der Waals surface area contributed by atoms with Crippen molar-refractivity contribution >= 4 is 11.3 Å². The zero-order valence-corrected chi connectivity index (χ0v) is 9.23. The molecule has 0 bridgehead atoms. The van der Waals surface area contributed by atoms with Crippen molar-refractivity contribution in [2.75, 3.05) is 13.1 Å². The average Bonchev–Trinajstić information content (AvgIpc) is 2.64. The molecular weight excluding hydrogens is 180 g/mol. The highest BCUT2D eigenvalue weighted by atomic mass is 32.1. The van der Waals surface area contributed by atoms with Crippen LogP contribution in [0.15, 0.2) is 11.7 Å². The van der Waals surface area contributed by atoms with Gasteiger partial charge in [0.15, 0.2) is 0 Å². The fourth-order valence-corrected chi connectivity index (χ4v) is 2.05. The summed E-state index contributed by atoms with van der Waals surface area (Å²) in [7, 11) is 0. The quantitative estimate of drug-likeness (QED) is 0.759. The van der Waals surface area contributed by atoms with Crippen molar-refractivity contribution < 1.29 is 0 Å². The Balaban J connectivity index is 2.31. The summed E-state index contributed by atoms with van der Waals surface area (Å²) >= 11 is 1.76. The van der Waals surface area contributed by atoms with Crippen LogP contribution in [0.4, 0.5) is 0 Å². The largest absolute Gasteiger partial charge is 0.317 e. The predicted molar refractivity (Wildman–Crippen MR) is 58.1 cm³/mol. The lowest BCUT2D eigenvalue weighted by Crippen LogP contribution is -2.23. The van der Waals surface area contributed by atoms with Crippen LogP contribution >= 0.6 is 11.3 Å². The van der Waals surface area contributed by atoms with E-state index >= 15 is 0 Å². The lowest BCUT2D eigenvalue weighted by molar-refractivity contribution is 0.470. The molecule has 0 spiro atoms. The van der Waals surface area contributed by atoms with Gasteiger partial charge in [0.25, 0.3) is 0 Å². The molecule has 1 aromatic rings. The van der Waals surface area contributed by atoms with Gasteiger partial charge in [0.2, 0.25) is 0 Å². The van der Waals surface area contributed by atoms with Crippen molar-refractivity contribution in [2.45, 2.75) is 26.7 Å². The number of hydrogen-bond acceptors (Lipinski definition) is 3. The Morgan fingerprint density at radius 1 is 1.54 bits per heavy atom. The molecule has 1 atom stereocenters. The highest BCUT2D eigenvalue weighted by Crippen LogP contribution is 2.14. The lowest BCUT2D eigenvalue weighted by Gasteiger charge is -2.13. The molecule has 0 saturated heterocycles. The van der Waals surface area contributed by atoms with Crippen LogP contribution in [0.3, 0.4) is 0 Å². The first-order chi connectivity index (χ1) is 6.36. The van der Waals surface area contributed by atoms with Gasteiger partial charge < -0.3 is 5.32 Å². The van der Waals surface area contributed by atoms with Gasteiger partial charge in [0, 0.05) is 11.1 Å². The summed E-state index contributed by atoms with van der Waals surface area (Å²) in [6.07, 6.45) is 4.40. The van der Waals surface area contributed by atoms with Crippen LogP contribution < -0.4 is 5.32 Å². The van der Waals surface area contributed by atoms with Crippen molar-refractivity contribution in [3.05, 3.63) is 16.6 Å². The summed E-state index contributed by atoms with van der Waals surface area (Å²) < 4.78 is 0. The van der Waals surface area contributed by atoms with Gasteiger partial charge in [0.1, 0.15) is 0 Å². The average molecular weight is 198 g/mol. The summed E-state index contributed by atoms with van der Waals surface area (Å²) in [4.78, 5) is 5.50. The van der Waals surface area contributed by atoms with Crippen LogP contribution in [0.2, 0.25) is 0 Å². The normalized spacial score (nSPS) is 13.1.